The summed E-state index contributed by atoms with van der Waals surface area (Å²) in [4.78, 5) is 30.4. The van der Waals surface area contributed by atoms with E-state index in [4.69, 9.17) is 0 Å². The number of amides is 1. The molecule has 5 nitrogen and oxygen atoms in total. The Balaban J connectivity index is 1.16. The number of aromatic nitrogens is 1. The lowest BCUT2D eigenvalue weighted by Gasteiger charge is -2.28. The number of benzene rings is 2. The second-order valence-electron chi connectivity index (χ2n) is 8.40. The largest absolute Gasteiger partial charge is 0.324 e. The van der Waals surface area contributed by atoms with Crippen molar-refractivity contribution in [1.82, 2.24) is 10.3 Å². The van der Waals surface area contributed by atoms with E-state index in [0.717, 1.165) is 58.6 Å². The summed E-state index contributed by atoms with van der Waals surface area (Å²) in [5.41, 5.74) is 4.18. The Bertz CT molecular complexity index is 1150. The van der Waals surface area contributed by atoms with Gasteiger partial charge in [-0.05, 0) is 61.9 Å². The highest BCUT2D eigenvalue weighted by Gasteiger charge is 2.29. The van der Waals surface area contributed by atoms with Gasteiger partial charge in [0.15, 0.2) is 10.8 Å². The molecule has 5 rings (SSSR count). The molecular formula is C24H25N3O2S2. The van der Waals surface area contributed by atoms with Crippen molar-refractivity contribution in [2.24, 2.45) is 5.92 Å². The Kier molecular flexibility index (Phi) is 5.82. The fourth-order valence-corrected chi connectivity index (χ4v) is 6.28. The number of ketones is 1. The highest BCUT2D eigenvalue weighted by Crippen LogP contribution is 2.33. The highest BCUT2D eigenvalue weighted by atomic mass is 32.2. The van der Waals surface area contributed by atoms with E-state index in [-0.39, 0.29) is 17.6 Å². The monoisotopic (exact) mass is 451 g/mol. The molecule has 1 amide bonds. The summed E-state index contributed by atoms with van der Waals surface area (Å²) < 4.78 is 1.10. The minimum Gasteiger partial charge on any atom is -0.324 e. The van der Waals surface area contributed by atoms with Crippen molar-refractivity contribution in [3.63, 3.8) is 0 Å². The first-order chi connectivity index (χ1) is 15.1. The van der Waals surface area contributed by atoms with Gasteiger partial charge in [0.1, 0.15) is 0 Å². The molecule has 2 aromatic carbocycles. The first kappa shape index (κ1) is 20.7. The van der Waals surface area contributed by atoms with Crippen LogP contribution in [0.3, 0.4) is 0 Å². The zero-order valence-electron chi connectivity index (χ0n) is 17.4. The van der Waals surface area contributed by atoms with Crippen LogP contribution in [0, 0.1) is 12.8 Å². The molecule has 0 unspecified atom stereocenters. The third-order valence-corrected chi connectivity index (χ3v) is 8.31. The predicted molar refractivity (Wildman–Crippen MR) is 127 cm³/mol. The number of carbonyl (C=O) groups is 2. The summed E-state index contributed by atoms with van der Waals surface area (Å²) in [6.07, 6.45) is 3.81. The van der Waals surface area contributed by atoms with E-state index in [2.05, 4.69) is 33.8 Å². The number of hydrogen-bond acceptors (Lipinski definition) is 6. The van der Waals surface area contributed by atoms with Crippen molar-refractivity contribution in [3.05, 3.63) is 52.5 Å². The normalized spacial score (nSPS) is 21.0. The number of carbonyl (C=O) groups excluding carboxylic acids is 2. The molecule has 0 bridgehead atoms. The van der Waals surface area contributed by atoms with E-state index in [1.54, 1.807) is 11.8 Å². The molecule has 0 spiro atoms. The molecule has 1 aliphatic carbocycles. The molecule has 0 radical (unpaired) electrons. The van der Waals surface area contributed by atoms with Gasteiger partial charge in [-0.3, -0.25) is 9.59 Å². The zero-order valence-corrected chi connectivity index (χ0v) is 19.1. The van der Waals surface area contributed by atoms with Crippen LogP contribution in [-0.4, -0.2) is 28.5 Å². The number of aryl methyl sites for hydroxylation is 1. The van der Waals surface area contributed by atoms with Crippen LogP contribution in [0.5, 0.6) is 0 Å². The van der Waals surface area contributed by atoms with Crippen LogP contribution in [-0.2, 0) is 11.3 Å². The van der Waals surface area contributed by atoms with Crippen LogP contribution in [0.15, 0.2) is 41.3 Å². The highest BCUT2D eigenvalue weighted by molar-refractivity contribution is 8.00. The van der Waals surface area contributed by atoms with Gasteiger partial charge in [0, 0.05) is 23.4 Å². The molecule has 0 atom stereocenters. The van der Waals surface area contributed by atoms with Crippen molar-refractivity contribution in [2.45, 2.75) is 50.1 Å². The van der Waals surface area contributed by atoms with E-state index in [1.807, 2.05) is 25.1 Å². The topological polar surface area (TPSA) is 71.1 Å². The standard InChI is InChI=1S/C24H25N3O2S2/c1-14-3-2-4-20-22(14)27-24(31-20)23(29)16-6-8-17(9-7-16)25-12-15-5-10-19-18(11-15)26-21(28)13-30-19/h2-5,10-11,16-17,25H,6-9,12-13H2,1H3,(H,26,28). The molecular weight excluding hydrogens is 426 g/mol. The molecule has 160 valence electrons. The third kappa shape index (κ3) is 4.40. The maximum atomic E-state index is 13.0. The summed E-state index contributed by atoms with van der Waals surface area (Å²) in [7, 11) is 0. The predicted octanol–water partition coefficient (Wildman–Crippen LogP) is 5.18. The molecule has 1 saturated carbocycles. The van der Waals surface area contributed by atoms with Crippen LogP contribution in [0.25, 0.3) is 10.2 Å². The Labute approximate surface area is 190 Å². The molecule has 2 heterocycles. The number of thioether (sulfide) groups is 1. The minimum absolute atomic E-state index is 0.0638. The summed E-state index contributed by atoms with van der Waals surface area (Å²) in [5.74, 6) is 0.842. The van der Waals surface area contributed by atoms with Crippen molar-refractivity contribution < 1.29 is 9.59 Å². The molecule has 7 heteroatoms. The maximum Gasteiger partial charge on any atom is 0.234 e. The number of thiazole rings is 1. The Morgan fingerprint density at radius 1 is 1.19 bits per heavy atom. The van der Waals surface area contributed by atoms with Crippen LogP contribution in [0.2, 0.25) is 0 Å². The molecule has 1 aliphatic heterocycles. The van der Waals surface area contributed by atoms with Crippen LogP contribution in [0.4, 0.5) is 5.69 Å². The molecule has 1 fully saturated rings. The molecule has 3 aromatic rings. The van der Waals surface area contributed by atoms with Crippen LogP contribution in [0.1, 0.15) is 46.6 Å². The lowest BCUT2D eigenvalue weighted by Crippen LogP contribution is -2.34. The van der Waals surface area contributed by atoms with Crippen molar-refractivity contribution in [3.8, 4) is 0 Å². The number of Topliss-reactive ketones (excluding diaryl/α,β-unsaturated/α-hetero) is 1. The van der Waals surface area contributed by atoms with Gasteiger partial charge in [-0.2, -0.15) is 0 Å². The van der Waals surface area contributed by atoms with E-state index < -0.39 is 0 Å². The molecule has 31 heavy (non-hydrogen) atoms. The van der Waals surface area contributed by atoms with Crippen LogP contribution >= 0.6 is 23.1 Å². The number of anilines is 1. The number of rotatable bonds is 5. The van der Waals surface area contributed by atoms with E-state index in [1.165, 1.54) is 16.9 Å². The van der Waals surface area contributed by atoms with Crippen molar-refractivity contribution >= 4 is 50.7 Å². The average Bonchev–Trinajstić information content (AvgIpc) is 3.23. The molecule has 2 N–H and O–H groups in total. The molecule has 0 saturated heterocycles. The number of para-hydroxylation sites is 1. The minimum atomic E-state index is 0.0638. The first-order valence-corrected chi connectivity index (χ1v) is 12.6. The fraction of sp³-hybridized carbons (Fsp3) is 0.375. The molecule has 2 aliphatic rings. The van der Waals surface area contributed by atoms with Gasteiger partial charge in [-0.1, -0.05) is 18.2 Å². The van der Waals surface area contributed by atoms with Gasteiger partial charge in [0.25, 0.3) is 0 Å². The Morgan fingerprint density at radius 3 is 2.84 bits per heavy atom. The Hall–Kier alpha value is -2.22. The Morgan fingerprint density at radius 2 is 2.03 bits per heavy atom. The summed E-state index contributed by atoms with van der Waals surface area (Å²) in [6, 6.07) is 12.8. The maximum absolute atomic E-state index is 13.0. The van der Waals surface area contributed by atoms with Gasteiger partial charge in [0.05, 0.1) is 21.7 Å². The van der Waals surface area contributed by atoms with Gasteiger partial charge in [-0.15, -0.1) is 23.1 Å². The smallest absolute Gasteiger partial charge is 0.234 e. The summed E-state index contributed by atoms with van der Waals surface area (Å²) in [5, 5.41) is 7.26. The zero-order chi connectivity index (χ0) is 21.4. The number of hydrogen-bond donors (Lipinski definition) is 2. The molecule has 1 aromatic heterocycles. The SMILES string of the molecule is Cc1cccc2sc(C(=O)C3CCC(NCc4ccc5c(c4)NC(=O)CS5)CC3)nc12. The lowest BCUT2D eigenvalue weighted by molar-refractivity contribution is -0.113. The van der Waals surface area contributed by atoms with E-state index in [0.29, 0.717) is 16.8 Å². The lowest BCUT2D eigenvalue weighted by atomic mass is 9.83. The van der Waals surface area contributed by atoms with Gasteiger partial charge < -0.3 is 10.6 Å². The fourth-order valence-electron chi connectivity index (χ4n) is 4.43. The van der Waals surface area contributed by atoms with E-state index in [9.17, 15) is 9.59 Å². The third-order valence-electron chi connectivity index (χ3n) is 6.20. The van der Waals surface area contributed by atoms with E-state index >= 15 is 0 Å². The first-order valence-electron chi connectivity index (χ1n) is 10.8. The van der Waals surface area contributed by atoms with Crippen molar-refractivity contribution in [1.29, 1.82) is 0 Å². The van der Waals surface area contributed by atoms with Gasteiger partial charge in [0.2, 0.25) is 5.91 Å². The number of nitrogens with one attached hydrogen (secondary N) is 2. The second-order valence-corrected chi connectivity index (χ2v) is 10.4. The van der Waals surface area contributed by atoms with Crippen LogP contribution < -0.4 is 10.6 Å². The summed E-state index contributed by atoms with van der Waals surface area (Å²) in [6.45, 7) is 2.82. The van der Waals surface area contributed by atoms with Gasteiger partial charge >= 0.3 is 0 Å². The van der Waals surface area contributed by atoms with Crippen molar-refractivity contribution in [2.75, 3.05) is 11.1 Å². The summed E-state index contributed by atoms with van der Waals surface area (Å²) >= 11 is 3.11. The quantitative estimate of drug-likeness (QED) is 0.523. The van der Waals surface area contributed by atoms with Gasteiger partial charge in [-0.25, -0.2) is 4.98 Å². The average molecular weight is 452 g/mol. The second kappa shape index (κ2) is 8.73. The number of nitrogens with zero attached hydrogens (tertiary/aromatic N) is 1. The number of fused-ring (bicyclic) bond motifs is 2.